The molecule has 1 amide bonds. The molecule has 0 saturated carbocycles. The van der Waals surface area contributed by atoms with Crippen LogP contribution >= 0.6 is 11.6 Å². The Morgan fingerprint density at radius 1 is 1.08 bits per heavy atom. The summed E-state index contributed by atoms with van der Waals surface area (Å²) in [5, 5.41) is 4.59. The van der Waals surface area contributed by atoms with Gasteiger partial charge in [-0.15, -0.1) is 0 Å². The van der Waals surface area contributed by atoms with E-state index in [2.05, 4.69) is 27.2 Å². The minimum atomic E-state index is -0.296. The van der Waals surface area contributed by atoms with Gasteiger partial charge in [0.05, 0.1) is 6.21 Å². The molecule has 3 aromatic rings. The molecular weight excluding hydrogens is 334 g/mol. The van der Waals surface area contributed by atoms with Crippen molar-refractivity contribution in [3.05, 3.63) is 88.2 Å². The minimum absolute atomic E-state index is 0.296. The van der Waals surface area contributed by atoms with Crippen LogP contribution < -0.4 is 5.43 Å². The average Bonchev–Trinajstić information content (AvgIpc) is 2.89. The van der Waals surface area contributed by atoms with Gasteiger partial charge in [-0.1, -0.05) is 35.9 Å². The number of aromatic nitrogens is 1. The molecule has 0 radical (unpaired) electrons. The van der Waals surface area contributed by atoms with Crippen molar-refractivity contribution < 1.29 is 4.79 Å². The molecule has 1 aromatic heterocycles. The van der Waals surface area contributed by atoms with Gasteiger partial charge in [0.25, 0.3) is 5.91 Å². The van der Waals surface area contributed by atoms with E-state index in [9.17, 15) is 4.79 Å². The number of amides is 1. The Bertz CT molecular complexity index is 929. The van der Waals surface area contributed by atoms with Crippen LogP contribution in [-0.2, 0) is 0 Å². The van der Waals surface area contributed by atoms with E-state index in [-0.39, 0.29) is 5.91 Å². The number of hydrogen-bond acceptors (Lipinski definition) is 2. The Kier molecular flexibility index (Phi) is 5.00. The number of para-hydroxylation sites is 1. The van der Waals surface area contributed by atoms with Crippen LogP contribution in [0.1, 0.15) is 27.3 Å². The summed E-state index contributed by atoms with van der Waals surface area (Å²) in [6, 6.07) is 18.9. The molecule has 1 heterocycles. The number of nitrogens with zero attached hydrogens (tertiary/aromatic N) is 2. The maximum Gasteiger partial charge on any atom is 0.271 e. The molecule has 0 bridgehead atoms. The molecule has 2 aromatic carbocycles. The van der Waals surface area contributed by atoms with Crippen LogP contribution in [0, 0.1) is 13.8 Å². The Morgan fingerprint density at radius 2 is 1.84 bits per heavy atom. The Morgan fingerprint density at radius 3 is 2.56 bits per heavy atom. The minimum Gasteiger partial charge on any atom is -0.318 e. The zero-order chi connectivity index (χ0) is 17.8. The van der Waals surface area contributed by atoms with E-state index in [0.29, 0.717) is 10.6 Å². The summed E-state index contributed by atoms with van der Waals surface area (Å²) in [6.07, 6.45) is 1.66. The van der Waals surface area contributed by atoms with Crippen molar-refractivity contribution >= 4 is 23.7 Å². The number of nitrogens with one attached hydrogen (secondary N) is 1. The van der Waals surface area contributed by atoms with Crippen LogP contribution in [0.25, 0.3) is 5.69 Å². The lowest BCUT2D eigenvalue weighted by Crippen LogP contribution is -2.17. The van der Waals surface area contributed by atoms with Crippen LogP contribution in [0.5, 0.6) is 0 Å². The number of hydrazone groups is 1. The second-order valence-electron chi connectivity index (χ2n) is 5.71. The second kappa shape index (κ2) is 7.36. The van der Waals surface area contributed by atoms with Crippen LogP contribution in [0.15, 0.2) is 65.8 Å². The quantitative estimate of drug-likeness (QED) is 0.545. The summed E-state index contributed by atoms with van der Waals surface area (Å²) in [5.74, 6) is -0.296. The zero-order valence-electron chi connectivity index (χ0n) is 14.0. The molecule has 126 valence electrons. The number of hydrogen-bond donors (Lipinski definition) is 1. The monoisotopic (exact) mass is 351 g/mol. The Labute approximate surface area is 151 Å². The van der Waals surface area contributed by atoms with E-state index in [1.165, 1.54) is 0 Å². The van der Waals surface area contributed by atoms with Crippen LogP contribution in [0.2, 0.25) is 5.02 Å². The van der Waals surface area contributed by atoms with Crippen molar-refractivity contribution in [2.24, 2.45) is 5.10 Å². The third-order valence-corrected chi connectivity index (χ3v) is 4.18. The predicted octanol–water partition coefficient (Wildman–Crippen LogP) is 4.51. The molecule has 0 aliphatic carbocycles. The van der Waals surface area contributed by atoms with Crippen molar-refractivity contribution in [1.82, 2.24) is 9.99 Å². The average molecular weight is 352 g/mol. The van der Waals surface area contributed by atoms with Crippen molar-refractivity contribution in [3.8, 4) is 5.69 Å². The highest BCUT2D eigenvalue weighted by Gasteiger charge is 2.09. The lowest BCUT2D eigenvalue weighted by atomic mass is 10.2. The molecule has 5 heteroatoms. The molecule has 0 unspecified atom stereocenters. The molecule has 3 rings (SSSR count). The maximum absolute atomic E-state index is 12.1. The first-order valence-electron chi connectivity index (χ1n) is 7.89. The molecule has 0 fully saturated rings. The maximum atomic E-state index is 12.1. The van der Waals surface area contributed by atoms with Gasteiger partial charge in [-0.2, -0.15) is 5.10 Å². The van der Waals surface area contributed by atoms with Gasteiger partial charge < -0.3 is 4.57 Å². The van der Waals surface area contributed by atoms with Crippen molar-refractivity contribution in [3.63, 3.8) is 0 Å². The first-order chi connectivity index (χ1) is 12.1. The lowest BCUT2D eigenvalue weighted by Gasteiger charge is -2.08. The fourth-order valence-electron chi connectivity index (χ4n) is 2.75. The van der Waals surface area contributed by atoms with Gasteiger partial charge in [-0.05, 0) is 50.2 Å². The summed E-state index contributed by atoms with van der Waals surface area (Å²) in [5.41, 5.74) is 7.22. The largest absolute Gasteiger partial charge is 0.318 e. The van der Waals surface area contributed by atoms with E-state index >= 15 is 0 Å². The number of carbonyl (C=O) groups excluding carboxylic acids is 1. The fourth-order valence-corrected chi connectivity index (χ4v) is 2.94. The highest BCUT2D eigenvalue weighted by atomic mass is 35.5. The summed E-state index contributed by atoms with van der Waals surface area (Å²) >= 11 is 5.90. The molecule has 0 aliphatic heterocycles. The summed E-state index contributed by atoms with van der Waals surface area (Å²) < 4.78 is 2.15. The fraction of sp³-hybridized carbons (Fsp3) is 0.100. The van der Waals surface area contributed by atoms with E-state index in [0.717, 1.165) is 22.6 Å². The van der Waals surface area contributed by atoms with Gasteiger partial charge in [-0.3, -0.25) is 4.79 Å². The van der Waals surface area contributed by atoms with Gasteiger partial charge >= 0.3 is 0 Å². The van der Waals surface area contributed by atoms with Crippen LogP contribution in [-0.4, -0.2) is 16.7 Å². The van der Waals surface area contributed by atoms with Gasteiger partial charge in [0, 0.05) is 33.2 Å². The van der Waals surface area contributed by atoms with Crippen LogP contribution in [0.3, 0.4) is 0 Å². The van der Waals surface area contributed by atoms with Crippen molar-refractivity contribution in [2.75, 3.05) is 0 Å². The molecule has 0 spiro atoms. The Hall–Kier alpha value is -2.85. The lowest BCUT2D eigenvalue weighted by molar-refractivity contribution is 0.0955. The van der Waals surface area contributed by atoms with Gasteiger partial charge in [-0.25, -0.2) is 5.43 Å². The topological polar surface area (TPSA) is 46.4 Å². The Balaban J connectivity index is 1.77. The first kappa shape index (κ1) is 17.0. The summed E-state index contributed by atoms with van der Waals surface area (Å²) in [4.78, 5) is 12.1. The zero-order valence-corrected chi connectivity index (χ0v) is 14.8. The van der Waals surface area contributed by atoms with Crippen LogP contribution in [0.4, 0.5) is 0 Å². The predicted molar refractivity (Wildman–Crippen MR) is 102 cm³/mol. The standard InChI is InChI=1S/C20H18ClN3O/c1-14-11-17(15(2)24(14)19-9-4-3-5-10-19)13-22-23-20(25)16-7-6-8-18(21)12-16/h3-13H,1-2H3,(H,23,25)/b22-13-. The number of rotatable bonds is 4. The number of aryl methyl sites for hydroxylation is 1. The van der Waals surface area contributed by atoms with Crippen molar-refractivity contribution in [2.45, 2.75) is 13.8 Å². The third kappa shape index (κ3) is 3.80. The molecule has 0 saturated heterocycles. The highest BCUT2D eigenvalue weighted by Crippen LogP contribution is 2.19. The van der Waals surface area contributed by atoms with Crippen molar-refractivity contribution in [1.29, 1.82) is 0 Å². The smallest absolute Gasteiger partial charge is 0.271 e. The van der Waals surface area contributed by atoms with E-state index < -0.39 is 0 Å². The molecule has 25 heavy (non-hydrogen) atoms. The van der Waals surface area contributed by atoms with Gasteiger partial charge in [0.2, 0.25) is 0 Å². The first-order valence-corrected chi connectivity index (χ1v) is 8.27. The second-order valence-corrected chi connectivity index (χ2v) is 6.14. The molecular formula is C20H18ClN3O. The third-order valence-electron chi connectivity index (χ3n) is 3.94. The van der Waals surface area contributed by atoms with Gasteiger partial charge in [0.15, 0.2) is 0 Å². The number of halogens is 1. The van der Waals surface area contributed by atoms with E-state index in [4.69, 9.17) is 11.6 Å². The normalized spacial score (nSPS) is 11.0. The molecule has 0 aliphatic rings. The SMILES string of the molecule is Cc1cc(/C=N\NC(=O)c2cccc(Cl)c2)c(C)n1-c1ccccc1. The number of carbonyl (C=O) groups is 1. The van der Waals surface area contributed by atoms with E-state index in [1.54, 1.807) is 30.5 Å². The number of benzene rings is 2. The molecule has 4 nitrogen and oxygen atoms in total. The summed E-state index contributed by atoms with van der Waals surface area (Å²) in [6.45, 7) is 4.07. The summed E-state index contributed by atoms with van der Waals surface area (Å²) in [7, 11) is 0. The molecule has 1 N–H and O–H groups in total. The molecule has 0 atom stereocenters. The highest BCUT2D eigenvalue weighted by molar-refractivity contribution is 6.30. The van der Waals surface area contributed by atoms with Gasteiger partial charge in [0.1, 0.15) is 0 Å². The van der Waals surface area contributed by atoms with E-state index in [1.807, 2.05) is 38.1 Å².